The number of nitrogens with one attached hydrogen (secondary N) is 1. The fourth-order valence-electron chi connectivity index (χ4n) is 3.64. The van der Waals surface area contributed by atoms with Crippen LogP contribution in [0.15, 0.2) is 0 Å². The number of nitrogens with zero attached hydrogens (tertiary/aromatic N) is 1. The second kappa shape index (κ2) is 8.61. The molecule has 23 heavy (non-hydrogen) atoms. The van der Waals surface area contributed by atoms with Gasteiger partial charge in [-0.15, -0.1) is 0 Å². The molecule has 4 nitrogen and oxygen atoms in total. The molecule has 1 saturated carbocycles. The number of amides is 1. The lowest BCUT2D eigenvalue weighted by Gasteiger charge is -2.34. The fourth-order valence-corrected chi connectivity index (χ4v) is 4.59. The van der Waals surface area contributed by atoms with Crippen molar-refractivity contribution in [2.45, 2.75) is 88.7 Å². The van der Waals surface area contributed by atoms with Crippen molar-refractivity contribution in [3.05, 3.63) is 0 Å². The van der Waals surface area contributed by atoms with Crippen LogP contribution < -0.4 is 5.32 Å². The first kappa shape index (κ1) is 18.9. The minimum absolute atomic E-state index is 0.155. The average Bonchev–Trinajstić information content (AvgIpc) is 2.72. The molecule has 0 aromatic rings. The average molecular weight is 343 g/mol. The summed E-state index contributed by atoms with van der Waals surface area (Å²) in [4.78, 5) is 14.1. The molecule has 1 amide bonds. The van der Waals surface area contributed by atoms with E-state index < -0.39 is 5.60 Å². The minimum Gasteiger partial charge on any atom is -0.444 e. The predicted molar refractivity (Wildman–Crippen MR) is 98.1 cm³/mol. The Labute approximate surface area is 146 Å². The van der Waals surface area contributed by atoms with Gasteiger partial charge in [0.2, 0.25) is 0 Å². The summed E-state index contributed by atoms with van der Waals surface area (Å²) in [6.07, 6.45) is 10.7. The van der Waals surface area contributed by atoms with E-state index in [0.717, 1.165) is 37.6 Å². The second-order valence-electron chi connectivity index (χ2n) is 7.93. The number of carbonyl (C=O) groups is 1. The van der Waals surface area contributed by atoms with Crippen LogP contribution in [-0.4, -0.2) is 53.3 Å². The minimum atomic E-state index is -0.408. The third-order valence-electron chi connectivity index (χ3n) is 4.83. The van der Waals surface area contributed by atoms with Gasteiger partial charge in [-0.1, -0.05) is 12.8 Å². The Morgan fingerprint density at radius 1 is 1.09 bits per heavy atom. The smallest absolute Gasteiger partial charge is 0.410 e. The predicted octanol–water partition coefficient (Wildman–Crippen LogP) is 4.04. The largest absolute Gasteiger partial charge is 0.444 e. The first-order valence-electron chi connectivity index (χ1n) is 9.16. The van der Waals surface area contributed by atoms with Crippen molar-refractivity contribution in [2.24, 2.45) is 0 Å². The van der Waals surface area contributed by atoms with Gasteiger partial charge < -0.3 is 15.0 Å². The number of hydrogen-bond donors (Lipinski definition) is 1. The molecule has 1 aliphatic heterocycles. The number of rotatable bonds is 3. The van der Waals surface area contributed by atoms with Crippen molar-refractivity contribution in [3.8, 4) is 0 Å². The maximum absolute atomic E-state index is 12.2. The summed E-state index contributed by atoms with van der Waals surface area (Å²) in [5, 5.41) is 4.67. The lowest BCUT2D eigenvalue weighted by atomic mass is 9.93. The highest BCUT2D eigenvalue weighted by molar-refractivity contribution is 7.99. The van der Waals surface area contributed by atoms with Gasteiger partial charge in [0, 0.05) is 30.4 Å². The van der Waals surface area contributed by atoms with E-state index in [9.17, 15) is 4.79 Å². The van der Waals surface area contributed by atoms with Crippen molar-refractivity contribution in [1.29, 1.82) is 0 Å². The van der Waals surface area contributed by atoms with Crippen LogP contribution in [0.25, 0.3) is 0 Å². The number of hydrogen-bond acceptors (Lipinski definition) is 4. The first-order valence-corrected chi connectivity index (χ1v) is 10.4. The highest BCUT2D eigenvalue weighted by Crippen LogP contribution is 2.28. The second-order valence-corrected chi connectivity index (χ2v) is 9.00. The molecular formula is C18H34N2O2S. The number of likely N-dealkylation sites (tertiary alicyclic amines) is 1. The quantitative estimate of drug-likeness (QED) is 0.840. The zero-order chi connectivity index (χ0) is 16.9. The molecular weight excluding hydrogens is 308 g/mol. The van der Waals surface area contributed by atoms with Gasteiger partial charge in [-0.2, -0.15) is 11.8 Å². The van der Waals surface area contributed by atoms with Crippen LogP contribution in [0, 0.1) is 0 Å². The van der Waals surface area contributed by atoms with Crippen LogP contribution in [-0.2, 0) is 4.74 Å². The van der Waals surface area contributed by atoms with Crippen LogP contribution in [0.5, 0.6) is 0 Å². The molecule has 0 aromatic carbocycles. The van der Waals surface area contributed by atoms with Crippen molar-refractivity contribution in [1.82, 2.24) is 10.2 Å². The first-order chi connectivity index (χ1) is 10.9. The molecule has 1 heterocycles. The molecule has 0 radical (unpaired) electrons. The summed E-state index contributed by atoms with van der Waals surface area (Å²) >= 11 is 2.01. The van der Waals surface area contributed by atoms with Gasteiger partial charge in [-0.3, -0.25) is 0 Å². The summed E-state index contributed by atoms with van der Waals surface area (Å²) in [5.41, 5.74) is -0.408. The molecule has 0 spiro atoms. The zero-order valence-electron chi connectivity index (χ0n) is 15.3. The van der Waals surface area contributed by atoms with Gasteiger partial charge >= 0.3 is 6.09 Å². The van der Waals surface area contributed by atoms with E-state index in [0.29, 0.717) is 12.1 Å². The Hall–Kier alpha value is -0.420. The molecule has 5 heteroatoms. The van der Waals surface area contributed by atoms with E-state index in [1.54, 1.807) is 0 Å². The van der Waals surface area contributed by atoms with Crippen molar-refractivity contribution >= 4 is 17.9 Å². The molecule has 0 bridgehead atoms. The van der Waals surface area contributed by atoms with Gasteiger partial charge in [0.25, 0.3) is 0 Å². The van der Waals surface area contributed by atoms with Crippen LogP contribution >= 0.6 is 11.8 Å². The van der Waals surface area contributed by atoms with E-state index in [1.165, 1.54) is 25.7 Å². The van der Waals surface area contributed by atoms with Crippen LogP contribution in [0.1, 0.15) is 65.7 Å². The fraction of sp³-hybridized carbons (Fsp3) is 0.944. The molecule has 3 unspecified atom stereocenters. The lowest BCUT2D eigenvalue weighted by molar-refractivity contribution is 0.0256. The molecule has 1 saturated heterocycles. The van der Waals surface area contributed by atoms with Crippen molar-refractivity contribution < 1.29 is 9.53 Å². The molecule has 134 valence electrons. The highest BCUT2D eigenvalue weighted by atomic mass is 32.2. The van der Waals surface area contributed by atoms with Crippen molar-refractivity contribution in [3.63, 3.8) is 0 Å². The van der Waals surface area contributed by atoms with Gasteiger partial charge in [-0.25, -0.2) is 4.79 Å². The summed E-state index contributed by atoms with van der Waals surface area (Å²) in [6, 6.07) is 1.19. The molecule has 1 aliphatic carbocycles. The van der Waals surface area contributed by atoms with E-state index in [2.05, 4.69) is 11.6 Å². The Kier molecular flexibility index (Phi) is 7.08. The maximum Gasteiger partial charge on any atom is 0.410 e. The van der Waals surface area contributed by atoms with Crippen LogP contribution in [0.4, 0.5) is 4.79 Å². The van der Waals surface area contributed by atoms with Crippen molar-refractivity contribution in [2.75, 3.05) is 19.3 Å². The zero-order valence-corrected chi connectivity index (χ0v) is 16.1. The number of thioether (sulfide) groups is 1. The van der Waals surface area contributed by atoms with E-state index >= 15 is 0 Å². The van der Waals surface area contributed by atoms with Crippen LogP contribution in [0.3, 0.4) is 0 Å². The summed E-state index contributed by atoms with van der Waals surface area (Å²) in [6.45, 7) is 7.42. The SMILES string of the molecule is CSC1CCCCC1NC1CCCN(C(=O)OC(C)(C)C)CC1. The monoisotopic (exact) mass is 342 g/mol. The third kappa shape index (κ3) is 6.18. The van der Waals surface area contributed by atoms with Gasteiger partial charge in [-0.05, 0) is 59.1 Å². The Balaban J connectivity index is 1.82. The lowest BCUT2D eigenvalue weighted by Crippen LogP contribution is -2.46. The standard InChI is InChI=1S/C18H34N2O2S/c1-18(2,3)22-17(21)20-12-7-8-14(11-13-20)19-15-9-5-6-10-16(15)23-4/h14-16,19H,5-13H2,1-4H3. The molecule has 2 rings (SSSR count). The Bertz CT molecular complexity index is 384. The molecule has 2 fully saturated rings. The Morgan fingerprint density at radius 2 is 1.83 bits per heavy atom. The number of carbonyl (C=O) groups excluding carboxylic acids is 1. The molecule has 2 aliphatic rings. The summed E-state index contributed by atoms with van der Waals surface area (Å²) in [7, 11) is 0. The van der Waals surface area contributed by atoms with E-state index in [-0.39, 0.29) is 6.09 Å². The van der Waals surface area contributed by atoms with Crippen LogP contribution in [0.2, 0.25) is 0 Å². The van der Waals surface area contributed by atoms with Gasteiger partial charge in [0.15, 0.2) is 0 Å². The van der Waals surface area contributed by atoms with Gasteiger partial charge in [0.1, 0.15) is 5.60 Å². The molecule has 0 aromatic heterocycles. The topological polar surface area (TPSA) is 41.6 Å². The molecule has 3 atom stereocenters. The highest BCUT2D eigenvalue weighted by Gasteiger charge is 2.29. The maximum atomic E-state index is 12.2. The third-order valence-corrected chi connectivity index (χ3v) is 6.00. The van der Waals surface area contributed by atoms with Gasteiger partial charge in [0.05, 0.1) is 0 Å². The molecule has 1 N–H and O–H groups in total. The summed E-state index contributed by atoms with van der Waals surface area (Å²) in [5.74, 6) is 0. The Morgan fingerprint density at radius 3 is 2.52 bits per heavy atom. The summed E-state index contributed by atoms with van der Waals surface area (Å²) < 4.78 is 5.52. The van der Waals surface area contributed by atoms with E-state index in [1.807, 2.05) is 37.4 Å². The van der Waals surface area contributed by atoms with E-state index in [4.69, 9.17) is 4.74 Å². The number of ether oxygens (including phenoxy) is 1. The normalized spacial score (nSPS) is 29.9.